The number of rotatable bonds is 6. The van der Waals surface area contributed by atoms with Gasteiger partial charge in [0, 0.05) is 20.1 Å². The van der Waals surface area contributed by atoms with E-state index in [9.17, 15) is 8.42 Å². The van der Waals surface area contributed by atoms with Gasteiger partial charge in [0.2, 0.25) is 10.0 Å². The predicted octanol–water partition coefficient (Wildman–Crippen LogP) is -0.123. The molecule has 0 saturated carbocycles. The largest absolute Gasteiger partial charge is 0.316 e. The zero-order valence-electron chi connectivity index (χ0n) is 8.00. The molecule has 12 heavy (non-hydrogen) atoms. The first-order valence-corrected chi connectivity index (χ1v) is 5.80. The van der Waals surface area contributed by atoms with E-state index in [1.54, 1.807) is 7.05 Å². The van der Waals surface area contributed by atoms with Gasteiger partial charge in [-0.25, -0.2) is 12.7 Å². The van der Waals surface area contributed by atoms with Gasteiger partial charge in [-0.15, -0.1) is 0 Å². The second-order valence-electron chi connectivity index (χ2n) is 2.58. The smallest absolute Gasteiger partial charge is 0.215 e. The van der Waals surface area contributed by atoms with Gasteiger partial charge in [-0.05, 0) is 6.54 Å². The van der Waals surface area contributed by atoms with Crippen LogP contribution in [0.5, 0.6) is 0 Å². The summed E-state index contributed by atoms with van der Waals surface area (Å²) in [5.74, 6) is 0.186. The Hall–Kier alpha value is -0.130. The lowest BCUT2D eigenvalue weighted by molar-refractivity contribution is 0.484. The number of hydrogen-bond donors (Lipinski definition) is 1. The van der Waals surface area contributed by atoms with Crippen LogP contribution < -0.4 is 5.32 Å². The van der Waals surface area contributed by atoms with Crippen molar-refractivity contribution in [3.63, 3.8) is 0 Å². The highest BCUT2D eigenvalue weighted by atomic mass is 32.2. The molecule has 4 nitrogen and oxygen atoms in total. The molecular formula is C7H18N2O2S. The van der Waals surface area contributed by atoms with Crippen LogP contribution in [-0.4, -0.2) is 45.2 Å². The molecule has 0 amide bonds. The summed E-state index contributed by atoms with van der Waals surface area (Å²) in [6.07, 6.45) is 0. The molecule has 0 radical (unpaired) electrons. The molecule has 0 heterocycles. The lowest BCUT2D eigenvalue weighted by Crippen LogP contribution is -2.33. The van der Waals surface area contributed by atoms with Crippen molar-refractivity contribution >= 4 is 10.0 Å². The minimum Gasteiger partial charge on any atom is -0.316 e. The standard InChI is InChI=1S/C7H18N2O2S/c1-4-8-6-7-12(10,11)9(3)5-2/h8H,4-7H2,1-3H3. The Morgan fingerprint density at radius 1 is 1.33 bits per heavy atom. The summed E-state index contributed by atoms with van der Waals surface area (Å²) in [5, 5.41) is 2.98. The third-order valence-corrected chi connectivity index (χ3v) is 3.63. The van der Waals surface area contributed by atoms with Gasteiger partial charge in [0.15, 0.2) is 0 Å². The van der Waals surface area contributed by atoms with Crippen molar-refractivity contribution in [2.24, 2.45) is 0 Å². The van der Waals surface area contributed by atoms with Gasteiger partial charge in [0.25, 0.3) is 0 Å². The fraction of sp³-hybridized carbons (Fsp3) is 1.00. The highest BCUT2D eigenvalue weighted by Gasteiger charge is 2.14. The summed E-state index contributed by atoms with van der Waals surface area (Å²) in [5.41, 5.74) is 0. The Kier molecular flexibility index (Phi) is 5.44. The van der Waals surface area contributed by atoms with Crippen molar-refractivity contribution in [2.75, 3.05) is 32.4 Å². The van der Waals surface area contributed by atoms with Gasteiger partial charge in [0.05, 0.1) is 5.75 Å². The van der Waals surface area contributed by atoms with E-state index in [4.69, 9.17) is 0 Å². The van der Waals surface area contributed by atoms with Crippen LogP contribution in [0.3, 0.4) is 0 Å². The van der Waals surface area contributed by atoms with Gasteiger partial charge < -0.3 is 5.32 Å². The topological polar surface area (TPSA) is 49.4 Å². The van der Waals surface area contributed by atoms with Crippen LogP contribution in [0.1, 0.15) is 13.8 Å². The number of nitrogens with zero attached hydrogens (tertiary/aromatic N) is 1. The predicted molar refractivity (Wildman–Crippen MR) is 50.6 cm³/mol. The van der Waals surface area contributed by atoms with Crippen molar-refractivity contribution < 1.29 is 8.42 Å². The molecule has 0 spiro atoms. The van der Waals surface area contributed by atoms with Gasteiger partial charge in [0.1, 0.15) is 0 Å². The molecule has 0 bridgehead atoms. The van der Waals surface area contributed by atoms with Crippen LogP contribution in [0, 0.1) is 0 Å². The highest BCUT2D eigenvalue weighted by molar-refractivity contribution is 7.89. The Morgan fingerprint density at radius 3 is 2.33 bits per heavy atom. The van der Waals surface area contributed by atoms with E-state index in [1.807, 2.05) is 13.8 Å². The van der Waals surface area contributed by atoms with Crippen LogP contribution >= 0.6 is 0 Å². The molecule has 0 fully saturated rings. The second kappa shape index (κ2) is 5.50. The van der Waals surface area contributed by atoms with Gasteiger partial charge in [-0.3, -0.25) is 0 Å². The van der Waals surface area contributed by atoms with E-state index in [0.717, 1.165) is 6.54 Å². The normalized spacial score (nSPS) is 12.3. The fourth-order valence-corrected chi connectivity index (χ4v) is 1.84. The van der Waals surface area contributed by atoms with E-state index >= 15 is 0 Å². The zero-order chi connectivity index (χ0) is 9.61. The Bertz CT molecular complexity index is 201. The molecule has 0 saturated heterocycles. The van der Waals surface area contributed by atoms with Crippen LogP contribution in [-0.2, 0) is 10.0 Å². The first-order chi connectivity index (χ1) is 5.54. The molecule has 1 N–H and O–H groups in total. The summed E-state index contributed by atoms with van der Waals surface area (Å²) < 4.78 is 24.0. The first-order valence-electron chi connectivity index (χ1n) is 4.19. The molecule has 5 heteroatoms. The molecule has 0 unspecified atom stereocenters. The Labute approximate surface area is 75.0 Å². The summed E-state index contributed by atoms with van der Waals surface area (Å²) in [4.78, 5) is 0. The first kappa shape index (κ1) is 11.9. The average molecular weight is 194 g/mol. The zero-order valence-corrected chi connectivity index (χ0v) is 8.82. The molecule has 0 atom stereocenters. The van der Waals surface area contributed by atoms with E-state index in [0.29, 0.717) is 13.1 Å². The second-order valence-corrected chi connectivity index (χ2v) is 4.78. The molecule has 0 aromatic rings. The van der Waals surface area contributed by atoms with E-state index in [2.05, 4.69) is 5.32 Å². The molecule has 0 aromatic heterocycles. The molecule has 0 aromatic carbocycles. The molecule has 0 aliphatic carbocycles. The van der Waals surface area contributed by atoms with Gasteiger partial charge in [-0.1, -0.05) is 13.8 Å². The van der Waals surface area contributed by atoms with Crippen molar-refractivity contribution in [2.45, 2.75) is 13.8 Å². The summed E-state index contributed by atoms with van der Waals surface area (Å²) in [6, 6.07) is 0. The maximum atomic E-state index is 11.3. The van der Waals surface area contributed by atoms with Crippen molar-refractivity contribution in [1.82, 2.24) is 9.62 Å². The number of hydrogen-bond acceptors (Lipinski definition) is 3. The van der Waals surface area contributed by atoms with Gasteiger partial charge in [-0.2, -0.15) is 0 Å². The maximum absolute atomic E-state index is 11.3. The summed E-state index contributed by atoms with van der Waals surface area (Å²) in [7, 11) is -1.41. The van der Waals surface area contributed by atoms with Crippen molar-refractivity contribution in [1.29, 1.82) is 0 Å². The quantitative estimate of drug-likeness (QED) is 0.600. The number of nitrogens with one attached hydrogen (secondary N) is 1. The Morgan fingerprint density at radius 2 is 1.92 bits per heavy atom. The molecule has 0 aliphatic rings. The Balaban J connectivity index is 3.88. The average Bonchev–Trinajstić information content (AvgIpc) is 2.03. The SMILES string of the molecule is CCNCCS(=O)(=O)N(C)CC. The third kappa shape index (κ3) is 4.04. The van der Waals surface area contributed by atoms with Gasteiger partial charge >= 0.3 is 0 Å². The lowest BCUT2D eigenvalue weighted by atomic mass is 10.7. The molecule has 0 rings (SSSR count). The lowest BCUT2D eigenvalue weighted by Gasteiger charge is -2.14. The van der Waals surface area contributed by atoms with Crippen LogP contribution in [0.15, 0.2) is 0 Å². The van der Waals surface area contributed by atoms with Crippen molar-refractivity contribution in [3.05, 3.63) is 0 Å². The fourth-order valence-electron chi connectivity index (χ4n) is 0.730. The third-order valence-electron chi connectivity index (χ3n) is 1.71. The molecular weight excluding hydrogens is 176 g/mol. The number of sulfonamides is 1. The highest BCUT2D eigenvalue weighted by Crippen LogP contribution is 1.95. The van der Waals surface area contributed by atoms with E-state index in [-0.39, 0.29) is 5.75 Å². The summed E-state index contributed by atoms with van der Waals surface area (Å²) in [6.45, 7) is 5.66. The van der Waals surface area contributed by atoms with E-state index < -0.39 is 10.0 Å². The summed E-state index contributed by atoms with van der Waals surface area (Å²) >= 11 is 0. The van der Waals surface area contributed by atoms with Crippen LogP contribution in [0.4, 0.5) is 0 Å². The van der Waals surface area contributed by atoms with Crippen molar-refractivity contribution in [3.8, 4) is 0 Å². The maximum Gasteiger partial charge on any atom is 0.215 e. The molecule has 0 aliphatic heterocycles. The minimum atomic E-state index is -3.01. The monoisotopic (exact) mass is 194 g/mol. The molecule has 74 valence electrons. The van der Waals surface area contributed by atoms with E-state index in [1.165, 1.54) is 4.31 Å². The minimum absolute atomic E-state index is 0.186. The van der Waals surface area contributed by atoms with Crippen LogP contribution in [0.25, 0.3) is 0 Å². The van der Waals surface area contributed by atoms with Crippen LogP contribution in [0.2, 0.25) is 0 Å².